The molecule has 3 aromatic rings. The third-order valence-corrected chi connectivity index (χ3v) is 5.96. The normalized spacial score (nSPS) is 15.7. The van der Waals surface area contributed by atoms with Crippen molar-refractivity contribution in [2.75, 3.05) is 36.8 Å². The molecule has 31 heavy (non-hydrogen) atoms. The van der Waals surface area contributed by atoms with E-state index in [9.17, 15) is 4.39 Å². The van der Waals surface area contributed by atoms with Crippen molar-refractivity contribution in [3.8, 4) is 0 Å². The summed E-state index contributed by atoms with van der Waals surface area (Å²) in [5, 5.41) is 7.84. The molecule has 0 radical (unpaired) electrons. The number of halogens is 3. The van der Waals surface area contributed by atoms with Crippen molar-refractivity contribution in [1.29, 1.82) is 0 Å². The van der Waals surface area contributed by atoms with Gasteiger partial charge in [0, 0.05) is 36.3 Å². The fraction of sp³-hybridized carbons (Fsp3) is 0.208. The number of nitrogens with one attached hydrogen (secondary N) is 2. The number of hydrogen-bond donors (Lipinski definition) is 2. The summed E-state index contributed by atoms with van der Waals surface area (Å²) in [6.45, 7) is 4.11. The van der Waals surface area contributed by atoms with Crippen LogP contribution in [0.5, 0.6) is 0 Å². The average Bonchev–Trinajstić information content (AvgIpc) is 2.92. The fourth-order valence-corrected chi connectivity index (χ4v) is 4.29. The second-order valence-electron chi connectivity index (χ2n) is 7.69. The summed E-state index contributed by atoms with van der Waals surface area (Å²) in [4.78, 5) is 2.31. The van der Waals surface area contributed by atoms with Crippen LogP contribution in [0.2, 0.25) is 5.02 Å². The highest BCUT2D eigenvalue weighted by Gasteiger charge is 2.28. The van der Waals surface area contributed by atoms with Gasteiger partial charge < -0.3 is 17.7 Å². The Bertz CT molecular complexity index is 1120. The number of nitrogens with zero attached hydrogens (tertiary/aromatic N) is 2. The highest BCUT2D eigenvalue weighted by Crippen LogP contribution is 2.34. The van der Waals surface area contributed by atoms with E-state index in [0.29, 0.717) is 11.6 Å². The molecule has 2 aliphatic rings. The van der Waals surface area contributed by atoms with Gasteiger partial charge in [-0.1, -0.05) is 41.9 Å². The summed E-state index contributed by atoms with van der Waals surface area (Å²) in [6.07, 6.45) is 0. The lowest BCUT2D eigenvalue weighted by Gasteiger charge is -2.28. The molecule has 3 aromatic carbocycles. The molecule has 2 aliphatic heterocycles. The van der Waals surface area contributed by atoms with Crippen LogP contribution in [-0.2, 0) is 6.54 Å². The molecular weight excluding hydrogens is 434 g/mol. The summed E-state index contributed by atoms with van der Waals surface area (Å²) < 4.78 is 16.4. The lowest BCUT2D eigenvalue weighted by molar-refractivity contribution is -0.539. The SMILES string of the molecule is Fc1ccccc1CN1CC[N+](=C2Nc3cc(Cl)ccc3Nc3ccccc32)CC1.[Cl-]. The molecule has 1 saturated heterocycles. The summed E-state index contributed by atoms with van der Waals surface area (Å²) in [5.41, 5.74) is 4.91. The van der Waals surface area contributed by atoms with E-state index in [-0.39, 0.29) is 18.2 Å². The standard InChI is InChI=1S/C24H22ClFN4.ClH/c25-18-9-10-22-23(15-18)28-24(19-6-2-4-8-21(19)27-22)30-13-11-29(12-14-30)16-17-5-1-3-7-20(17)26;/h1-10,15H,11-14,16H2,(H,27,28);1H. The second-order valence-corrected chi connectivity index (χ2v) is 8.13. The van der Waals surface area contributed by atoms with Crippen molar-refractivity contribution >= 4 is 34.5 Å². The van der Waals surface area contributed by atoms with Crippen molar-refractivity contribution in [3.05, 3.63) is 88.7 Å². The number of piperazine rings is 1. The lowest BCUT2D eigenvalue weighted by Crippen LogP contribution is -3.00. The molecule has 2 heterocycles. The number of hydrogen-bond acceptors (Lipinski definition) is 2. The molecule has 0 bridgehead atoms. The number of benzene rings is 3. The molecular formula is C24H23Cl2FN4. The molecule has 160 valence electrons. The van der Waals surface area contributed by atoms with Crippen LogP contribution >= 0.6 is 11.6 Å². The third-order valence-electron chi connectivity index (χ3n) is 5.73. The Kier molecular flexibility index (Phi) is 6.46. The maximum atomic E-state index is 14.0. The van der Waals surface area contributed by atoms with E-state index in [1.54, 1.807) is 6.07 Å². The smallest absolute Gasteiger partial charge is 0.284 e. The van der Waals surface area contributed by atoms with Crippen LogP contribution in [0.3, 0.4) is 0 Å². The second kappa shape index (κ2) is 9.27. The first-order valence-corrected chi connectivity index (χ1v) is 10.6. The molecule has 0 amide bonds. The molecule has 7 heteroatoms. The Labute approximate surface area is 192 Å². The van der Waals surface area contributed by atoms with Crippen LogP contribution in [0, 0.1) is 5.82 Å². The van der Waals surface area contributed by atoms with Crippen molar-refractivity contribution in [3.63, 3.8) is 0 Å². The van der Waals surface area contributed by atoms with Gasteiger partial charge in [0.15, 0.2) is 0 Å². The minimum absolute atomic E-state index is 0. The van der Waals surface area contributed by atoms with Crippen LogP contribution < -0.4 is 23.0 Å². The predicted molar refractivity (Wildman–Crippen MR) is 121 cm³/mol. The first-order chi connectivity index (χ1) is 14.7. The van der Waals surface area contributed by atoms with Gasteiger partial charge in [0.05, 0.1) is 30.0 Å². The van der Waals surface area contributed by atoms with Crippen molar-refractivity contribution in [2.45, 2.75) is 6.54 Å². The van der Waals surface area contributed by atoms with E-state index in [1.807, 2.05) is 36.4 Å². The molecule has 4 nitrogen and oxygen atoms in total. The van der Waals surface area contributed by atoms with Crippen LogP contribution in [0.4, 0.5) is 21.5 Å². The van der Waals surface area contributed by atoms with E-state index < -0.39 is 0 Å². The summed E-state index contributed by atoms with van der Waals surface area (Å²) in [5.74, 6) is 0.942. The molecule has 1 fully saturated rings. The van der Waals surface area contributed by atoms with E-state index in [0.717, 1.165) is 60.2 Å². The first kappa shape index (κ1) is 21.6. The summed E-state index contributed by atoms with van der Waals surface area (Å²) >= 11 is 6.26. The number of amidine groups is 1. The number of anilines is 3. The molecule has 0 unspecified atom stereocenters. The maximum Gasteiger partial charge on any atom is 0.284 e. The summed E-state index contributed by atoms with van der Waals surface area (Å²) in [6, 6.07) is 21.2. The Hall–Kier alpha value is -2.60. The first-order valence-electron chi connectivity index (χ1n) is 10.2. The zero-order valence-electron chi connectivity index (χ0n) is 16.9. The number of fused-ring (bicyclic) bond motifs is 2. The largest absolute Gasteiger partial charge is 1.00 e. The van der Waals surface area contributed by atoms with Gasteiger partial charge in [0.25, 0.3) is 5.84 Å². The van der Waals surface area contributed by atoms with Crippen LogP contribution in [0.1, 0.15) is 11.1 Å². The molecule has 0 atom stereocenters. The van der Waals surface area contributed by atoms with Gasteiger partial charge in [-0.3, -0.25) is 9.48 Å². The molecule has 0 aliphatic carbocycles. The van der Waals surface area contributed by atoms with Crippen molar-refractivity contribution < 1.29 is 21.4 Å². The quantitative estimate of drug-likeness (QED) is 0.577. The van der Waals surface area contributed by atoms with Gasteiger partial charge in [-0.2, -0.15) is 0 Å². The van der Waals surface area contributed by atoms with Crippen LogP contribution in [0.15, 0.2) is 66.7 Å². The fourth-order valence-electron chi connectivity index (χ4n) is 4.11. The van der Waals surface area contributed by atoms with Crippen LogP contribution in [0.25, 0.3) is 0 Å². The minimum atomic E-state index is -0.131. The zero-order chi connectivity index (χ0) is 20.5. The summed E-state index contributed by atoms with van der Waals surface area (Å²) in [7, 11) is 0. The van der Waals surface area contributed by atoms with E-state index in [2.05, 4.69) is 38.3 Å². The maximum absolute atomic E-state index is 14.0. The van der Waals surface area contributed by atoms with E-state index in [1.165, 1.54) is 6.07 Å². The Morgan fingerprint density at radius 1 is 0.871 bits per heavy atom. The van der Waals surface area contributed by atoms with Gasteiger partial charge in [-0.15, -0.1) is 0 Å². The topological polar surface area (TPSA) is 30.3 Å². The monoisotopic (exact) mass is 456 g/mol. The van der Waals surface area contributed by atoms with Gasteiger partial charge >= 0.3 is 0 Å². The van der Waals surface area contributed by atoms with Gasteiger partial charge in [0.2, 0.25) is 0 Å². The average molecular weight is 457 g/mol. The van der Waals surface area contributed by atoms with E-state index >= 15 is 0 Å². The Morgan fingerprint density at radius 3 is 2.42 bits per heavy atom. The number of para-hydroxylation sites is 1. The predicted octanol–water partition coefficient (Wildman–Crippen LogP) is 1.93. The van der Waals surface area contributed by atoms with Crippen LogP contribution in [-0.4, -0.2) is 41.5 Å². The van der Waals surface area contributed by atoms with Gasteiger partial charge in [-0.05, 0) is 30.3 Å². The molecule has 0 saturated carbocycles. The molecule has 0 spiro atoms. The zero-order valence-corrected chi connectivity index (χ0v) is 18.4. The number of rotatable bonds is 2. The third kappa shape index (κ3) is 4.54. The molecule has 0 aromatic heterocycles. The molecule has 2 N–H and O–H groups in total. The van der Waals surface area contributed by atoms with Crippen molar-refractivity contribution in [2.24, 2.45) is 0 Å². The minimum Gasteiger partial charge on any atom is -1.00 e. The van der Waals surface area contributed by atoms with Crippen molar-refractivity contribution in [1.82, 2.24) is 4.90 Å². The molecule has 5 rings (SSSR count). The highest BCUT2D eigenvalue weighted by atomic mass is 35.5. The van der Waals surface area contributed by atoms with E-state index in [4.69, 9.17) is 11.6 Å². The Morgan fingerprint density at radius 2 is 1.61 bits per heavy atom. The lowest BCUT2D eigenvalue weighted by atomic mass is 10.1. The Balaban J connectivity index is 0.00000231. The highest BCUT2D eigenvalue weighted by molar-refractivity contribution is 6.31. The van der Waals surface area contributed by atoms with Gasteiger partial charge in [-0.25, -0.2) is 9.71 Å². The van der Waals surface area contributed by atoms with Gasteiger partial charge in [0.1, 0.15) is 11.5 Å².